The molecular formula is C70H136O17P2. The lowest BCUT2D eigenvalue weighted by molar-refractivity contribution is -0.161. The molecule has 0 bridgehead atoms. The zero-order chi connectivity index (χ0) is 65.6. The zero-order valence-electron chi connectivity index (χ0n) is 57.6. The largest absolute Gasteiger partial charge is 0.472 e. The number of hydrogen-bond donors (Lipinski definition) is 3. The molecule has 0 aromatic heterocycles. The van der Waals surface area contributed by atoms with Gasteiger partial charge in [-0.05, 0) is 31.6 Å². The van der Waals surface area contributed by atoms with Crippen LogP contribution in [0.15, 0.2) is 0 Å². The summed E-state index contributed by atoms with van der Waals surface area (Å²) in [6.07, 6.45) is 49.9. The average Bonchev–Trinajstić information content (AvgIpc) is 3.50. The molecule has 0 aliphatic rings. The highest BCUT2D eigenvalue weighted by Crippen LogP contribution is 2.45. The molecule has 3 N–H and O–H groups in total. The van der Waals surface area contributed by atoms with Crippen LogP contribution in [0, 0.1) is 5.92 Å². The fourth-order valence-electron chi connectivity index (χ4n) is 10.6. The maximum Gasteiger partial charge on any atom is 0.472 e. The first-order chi connectivity index (χ1) is 43.0. The van der Waals surface area contributed by atoms with E-state index in [0.717, 1.165) is 95.8 Å². The molecule has 0 heterocycles. The molecule has 2 unspecified atom stereocenters. The highest BCUT2D eigenvalue weighted by Gasteiger charge is 2.30. The molecule has 0 aromatic carbocycles. The number of aliphatic hydroxyl groups is 1. The second-order valence-electron chi connectivity index (χ2n) is 25.7. The summed E-state index contributed by atoms with van der Waals surface area (Å²) in [5.74, 6) is -1.33. The predicted octanol–water partition coefficient (Wildman–Crippen LogP) is 20.1. The average molecular weight is 1310 g/mol. The minimum Gasteiger partial charge on any atom is -0.462 e. The fourth-order valence-corrected chi connectivity index (χ4v) is 12.2. The van der Waals surface area contributed by atoms with Crippen molar-refractivity contribution in [1.29, 1.82) is 0 Å². The lowest BCUT2D eigenvalue weighted by Crippen LogP contribution is -2.30. The maximum absolute atomic E-state index is 13.0. The lowest BCUT2D eigenvalue weighted by atomic mass is 10.0. The normalized spacial score (nSPS) is 14.1. The second kappa shape index (κ2) is 63.5. The number of carbonyl (C=O) groups is 4. The number of carbonyl (C=O) groups excluding carboxylic acids is 4. The molecule has 528 valence electrons. The van der Waals surface area contributed by atoms with E-state index in [-0.39, 0.29) is 25.7 Å². The number of ether oxygens (including phenoxy) is 4. The van der Waals surface area contributed by atoms with Gasteiger partial charge in [0.25, 0.3) is 0 Å². The van der Waals surface area contributed by atoms with E-state index < -0.39 is 97.5 Å². The molecule has 0 rings (SSSR count). The molecule has 5 atom stereocenters. The van der Waals surface area contributed by atoms with Crippen molar-refractivity contribution >= 4 is 39.5 Å². The molecule has 17 nitrogen and oxygen atoms in total. The van der Waals surface area contributed by atoms with Crippen LogP contribution in [-0.2, 0) is 65.4 Å². The van der Waals surface area contributed by atoms with Crippen molar-refractivity contribution in [2.75, 3.05) is 39.6 Å². The van der Waals surface area contributed by atoms with Crippen LogP contribution >= 0.6 is 15.6 Å². The third-order valence-corrected chi connectivity index (χ3v) is 18.2. The maximum atomic E-state index is 13.0. The predicted molar refractivity (Wildman–Crippen MR) is 358 cm³/mol. The number of hydrogen-bond acceptors (Lipinski definition) is 15. The molecule has 0 fully saturated rings. The van der Waals surface area contributed by atoms with Gasteiger partial charge < -0.3 is 33.8 Å². The summed E-state index contributed by atoms with van der Waals surface area (Å²) >= 11 is 0. The second-order valence-corrected chi connectivity index (χ2v) is 28.7. The molecular weight excluding hydrogens is 1170 g/mol. The van der Waals surface area contributed by atoms with E-state index in [4.69, 9.17) is 37.0 Å². The molecule has 0 amide bonds. The summed E-state index contributed by atoms with van der Waals surface area (Å²) in [5.41, 5.74) is 0. The smallest absolute Gasteiger partial charge is 0.462 e. The number of phosphoric ester groups is 2. The van der Waals surface area contributed by atoms with Crippen molar-refractivity contribution in [3.8, 4) is 0 Å². The van der Waals surface area contributed by atoms with E-state index in [1.165, 1.54) is 186 Å². The van der Waals surface area contributed by atoms with Gasteiger partial charge in [-0.2, -0.15) is 0 Å². The van der Waals surface area contributed by atoms with Crippen LogP contribution in [0.4, 0.5) is 0 Å². The van der Waals surface area contributed by atoms with Crippen molar-refractivity contribution in [1.82, 2.24) is 0 Å². The van der Waals surface area contributed by atoms with E-state index in [9.17, 15) is 43.2 Å². The Kier molecular flexibility index (Phi) is 62.1. The highest BCUT2D eigenvalue weighted by atomic mass is 31.2. The Bertz CT molecular complexity index is 1720. The molecule has 0 saturated heterocycles. The van der Waals surface area contributed by atoms with Gasteiger partial charge in [0.1, 0.15) is 19.3 Å². The van der Waals surface area contributed by atoms with Crippen molar-refractivity contribution in [2.24, 2.45) is 5.92 Å². The zero-order valence-corrected chi connectivity index (χ0v) is 59.4. The van der Waals surface area contributed by atoms with Gasteiger partial charge >= 0.3 is 39.5 Å². The Balaban J connectivity index is 5.21. The highest BCUT2D eigenvalue weighted by molar-refractivity contribution is 7.47. The van der Waals surface area contributed by atoms with Crippen LogP contribution in [0.25, 0.3) is 0 Å². The number of aliphatic hydroxyl groups excluding tert-OH is 1. The first kappa shape index (κ1) is 87.1. The van der Waals surface area contributed by atoms with Crippen molar-refractivity contribution in [2.45, 2.75) is 380 Å². The van der Waals surface area contributed by atoms with E-state index >= 15 is 0 Å². The van der Waals surface area contributed by atoms with Gasteiger partial charge in [-0.3, -0.25) is 37.3 Å². The van der Waals surface area contributed by atoms with Crippen molar-refractivity contribution in [3.63, 3.8) is 0 Å². The number of unbranched alkanes of at least 4 members (excludes halogenated alkanes) is 42. The van der Waals surface area contributed by atoms with Gasteiger partial charge in [0.2, 0.25) is 0 Å². The lowest BCUT2D eigenvalue weighted by Gasteiger charge is -2.21. The van der Waals surface area contributed by atoms with Gasteiger partial charge in [0, 0.05) is 25.7 Å². The SMILES string of the molecule is CCCCCCCCCCCCCCCCC(=O)OC[C@H](COP(=O)(O)OC[C@@H](O)COP(=O)(O)OC[C@@H](COC(=O)CCCCCCCCCCC)OC(=O)CCCCCCCCCCC)OC(=O)CCCCCCCCCCCCCCCCC(C)C. The van der Waals surface area contributed by atoms with Crippen LogP contribution in [0.2, 0.25) is 0 Å². The Morgan fingerprint density at radius 1 is 0.303 bits per heavy atom. The standard InChI is InChI=1S/C70H136O17P2/c1-6-9-12-15-18-21-22-23-27-30-35-39-44-49-54-68(73)81-60-66(87-70(75)56-51-46-41-36-31-28-25-24-26-29-34-37-42-47-52-63(4)5)62-85-89(78,79)83-58-64(71)57-82-88(76,77)84-61-65(86-69(74)55-50-45-40-33-20-17-14-11-8-3)59-80-67(72)53-48-43-38-32-19-16-13-10-7-2/h63-66,71H,6-62H2,1-5H3,(H,76,77)(H,78,79)/t64-,65+,66+/m0/s1. The van der Waals surface area contributed by atoms with Crippen LogP contribution in [0.1, 0.15) is 362 Å². The molecule has 0 aromatic rings. The summed E-state index contributed by atoms with van der Waals surface area (Å²) in [7, 11) is -9.89. The van der Waals surface area contributed by atoms with Crippen LogP contribution < -0.4 is 0 Å². The third kappa shape index (κ3) is 64.6. The molecule has 0 aliphatic heterocycles. The minimum atomic E-state index is -4.95. The van der Waals surface area contributed by atoms with Gasteiger partial charge in [0.15, 0.2) is 12.2 Å². The third-order valence-electron chi connectivity index (χ3n) is 16.3. The van der Waals surface area contributed by atoms with Gasteiger partial charge in [0.05, 0.1) is 26.4 Å². The molecule has 0 spiro atoms. The van der Waals surface area contributed by atoms with E-state index in [2.05, 4.69) is 34.6 Å². The van der Waals surface area contributed by atoms with Crippen LogP contribution in [0.5, 0.6) is 0 Å². The molecule has 0 saturated carbocycles. The monoisotopic (exact) mass is 1310 g/mol. The summed E-state index contributed by atoms with van der Waals surface area (Å²) in [6, 6.07) is 0. The van der Waals surface area contributed by atoms with Gasteiger partial charge in [-0.15, -0.1) is 0 Å². The molecule has 0 radical (unpaired) electrons. The number of esters is 4. The van der Waals surface area contributed by atoms with Crippen molar-refractivity contribution in [3.05, 3.63) is 0 Å². The summed E-state index contributed by atoms with van der Waals surface area (Å²) in [6.45, 7) is 7.24. The fraction of sp³-hybridized carbons (Fsp3) is 0.943. The number of phosphoric acid groups is 2. The minimum absolute atomic E-state index is 0.106. The quantitative estimate of drug-likeness (QED) is 0.0222. The Labute approximate surface area is 543 Å². The van der Waals surface area contributed by atoms with E-state index in [0.29, 0.717) is 25.7 Å². The summed E-state index contributed by atoms with van der Waals surface area (Å²) in [4.78, 5) is 72.4. The molecule has 89 heavy (non-hydrogen) atoms. The van der Waals surface area contributed by atoms with Gasteiger partial charge in [-0.1, -0.05) is 311 Å². The summed E-state index contributed by atoms with van der Waals surface area (Å²) < 4.78 is 68.2. The number of rotatable bonds is 70. The topological polar surface area (TPSA) is 237 Å². The van der Waals surface area contributed by atoms with Gasteiger partial charge in [-0.25, -0.2) is 9.13 Å². The molecule has 0 aliphatic carbocycles. The summed E-state index contributed by atoms with van der Waals surface area (Å²) in [5, 5.41) is 10.6. The van der Waals surface area contributed by atoms with Crippen LogP contribution in [0.3, 0.4) is 0 Å². The Morgan fingerprint density at radius 3 is 0.764 bits per heavy atom. The van der Waals surface area contributed by atoms with Crippen LogP contribution in [-0.4, -0.2) is 96.7 Å². The first-order valence-corrected chi connectivity index (χ1v) is 39.6. The Hall–Kier alpha value is -1.94. The Morgan fingerprint density at radius 2 is 0.517 bits per heavy atom. The first-order valence-electron chi connectivity index (χ1n) is 36.6. The van der Waals surface area contributed by atoms with Crippen molar-refractivity contribution < 1.29 is 80.2 Å². The van der Waals surface area contributed by atoms with E-state index in [1.807, 2.05) is 0 Å². The van der Waals surface area contributed by atoms with E-state index in [1.54, 1.807) is 0 Å². The molecule has 19 heteroatoms.